The van der Waals surface area contributed by atoms with Crippen LogP contribution >= 0.6 is 0 Å². The van der Waals surface area contributed by atoms with Gasteiger partial charge in [0.05, 0.1) is 11.3 Å². The molecule has 0 aromatic carbocycles. The van der Waals surface area contributed by atoms with Gasteiger partial charge in [0.2, 0.25) is 0 Å². The molecule has 0 aliphatic carbocycles. The monoisotopic (exact) mass is 269 g/mol. The summed E-state index contributed by atoms with van der Waals surface area (Å²) in [5.74, 6) is 0.159. The van der Waals surface area contributed by atoms with E-state index in [1.165, 1.54) is 6.20 Å². The Labute approximate surface area is 117 Å². The van der Waals surface area contributed by atoms with Crippen LogP contribution in [0.1, 0.15) is 35.6 Å². The number of aryl methyl sites for hydroxylation is 2. The molecule has 0 aliphatic rings. The summed E-state index contributed by atoms with van der Waals surface area (Å²) in [4.78, 5) is 16.2. The van der Waals surface area contributed by atoms with Gasteiger partial charge in [-0.05, 0) is 31.5 Å². The highest BCUT2D eigenvalue weighted by atomic mass is 16.2. The first-order valence-corrected chi connectivity index (χ1v) is 6.42. The van der Waals surface area contributed by atoms with Crippen LogP contribution in [-0.4, -0.2) is 20.7 Å². The van der Waals surface area contributed by atoms with Crippen LogP contribution in [0.2, 0.25) is 0 Å². The lowest BCUT2D eigenvalue weighted by molar-refractivity contribution is 0.101. The van der Waals surface area contributed by atoms with Crippen LogP contribution in [0.3, 0.4) is 0 Å². The summed E-state index contributed by atoms with van der Waals surface area (Å²) in [6.07, 6.45) is 2.20. The Bertz CT molecular complexity index is 651. The average Bonchev–Trinajstić information content (AvgIpc) is 2.91. The molecule has 0 unspecified atom stereocenters. The molecular formula is C14H15N5O. The lowest BCUT2D eigenvalue weighted by Gasteiger charge is -2.05. The second-order valence-corrected chi connectivity index (χ2v) is 4.19. The maximum atomic E-state index is 12.2. The standard InChI is InChI=1S/C14H15N5O/c1-3-11-7-12(19(4-2)18-11)14(20)17-13-6-5-10(8-15)9-16-13/h5-7,9H,3-4H2,1-2H3,(H,16,17,20). The Morgan fingerprint density at radius 2 is 2.25 bits per heavy atom. The van der Waals surface area contributed by atoms with E-state index in [1.807, 2.05) is 19.9 Å². The van der Waals surface area contributed by atoms with Gasteiger partial charge in [0, 0.05) is 12.7 Å². The topological polar surface area (TPSA) is 83.6 Å². The molecule has 0 saturated heterocycles. The van der Waals surface area contributed by atoms with E-state index in [2.05, 4.69) is 15.4 Å². The number of rotatable bonds is 4. The number of pyridine rings is 1. The summed E-state index contributed by atoms with van der Waals surface area (Å²) in [7, 11) is 0. The Kier molecular flexibility index (Phi) is 4.11. The van der Waals surface area contributed by atoms with E-state index in [9.17, 15) is 4.79 Å². The van der Waals surface area contributed by atoms with Gasteiger partial charge in [0.1, 0.15) is 17.6 Å². The van der Waals surface area contributed by atoms with Crippen LogP contribution in [0, 0.1) is 11.3 Å². The quantitative estimate of drug-likeness (QED) is 0.919. The third-order valence-electron chi connectivity index (χ3n) is 2.86. The average molecular weight is 269 g/mol. The SMILES string of the molecule is CCc1cc(C(=O)Nc2ccc(C#N)cn2)n(CC)n1. The molecule has 0 atom stereocenters. The van der Waals surface area contributed by atoms with E-state index in [1.54, 1.807) is 22.9 Å². The first kappa shape index (κ1) is 13.7. The van der Waals surface area contributed by atoms with Crippen molar-refractivity contribution in [2.24, 2.45) is 0 Å². The van der Waals surface area contributed by atoms with Crippen molar-refractivity contribution < 1.29 is 4.79 Å². The molecular weight excluding hydrogens is 254 g/mol. The van der Waals surface area contributed by atoms with Crippen molar-refractivity contribution in [2.45, 2.75) is 26.8 Å². The zero-order chi connectivity index (χ0) is 14.5. The van der Waals surface area contributed by atoms with Gasteiger partial charge in [-0.2, -0.15) is 10.4 Å². The van der Waals surface area contributed by atoms with Gasteiger partial charge in [0.15, 0.2) is 0 Å². The van der Waals surface area contributed by atoms with Crippen molar-refractivity contribution in [1.29, 1.82) is 5.26 Å². The van der Waals surface area contributed by atoms with Crippen molar-refractivity contribution >= 4 is 11.7 Å². The van der Waals surface area contributed by atoms with Gasteiger partial charge in [0.25, 0.3) is 5.91 Å². The van der Waals surface area contributed by atoms with Crippen LogP contribution in [0.4, 0.5) is 5.82 Å². The third-order valence-corrected chi connectivity index (χ3v) is 2.86. The number of nitrogens with one attached hydrogen (secondary N) is 1. The smallest absolute Gasteiger partial charge is 0.275 e. The minimum absolute atomic E-state index is 0.253. The van der Waals surface area contributed by atoms with Gasteiger partial charge < -0.3 is 5.32 Å². The van der Waals surface area contributed by atoms with Crippen molar-refractivity contribution in [3.8, 4) is 6.07 Å². The number of aromatic nitrogens is 3. The third kappa shape index (κ3) is 2.83. The molecule has 0 radical (unpaired) electrons. The normalized spacial score (nSPS) is 10.1. The number of anilines is 1. The Morgan fingerprint density at radius 1 is 1.45 bits per heavy atom. The lowest BCUT2D eigenvalue weighted by atomic mass is 10.3. The summed E-state index contributed by atoms with van der Waals surface area (Å²) in [5.41, 5.74) is 1.84. The van der Waals surface area contributed by atoms with Gasteiger partial charge in [-0.3, -0.25) is 9.48 Å². The Morgan fingerprint density at radius 3 is 2.80 bits per heavy atom. The van der Waals surface area contributed by atoms with Crippen LogP contribution in [0.25, 0.3) is 0 Å². The van der Waals surface area contributed by atoms with Gasteiger partial charge in [-0.25, -0.2) is 4.98 Å². The van der Waals surface area contributed by atoms with Crippen molar-refractivity contribution in [2.75, 3.05) is 5.32 Å². The highest BCUT2D eigenvalue weighted by Gasteiger charge is 2.14. The molecule has 0 bridgehead atoms. The number of nitriles is 1. The summed E-state index contributed by atoms with van der Waals surface area (Å²) in [6, 6.07) is 6.97. The second-order valence-electron chi connectivity index (χ2n) is 4.19. The van der Waals surface area contributed by atoms with E-state index in [0.717, 1.165) is 12.1 Å². The fraction of sp³-hybridized carbons (Fsp3) is 0.286. The molecule has 0 saturated carbocycles. The van der Waals surface area contributed by atoms with E-state index < -0.39 is 0 Å². The molecule has 6 nitrogen and oxygen atoms in total. The van der Waals surface area contributed by atoms with Crippen LogP contribution in [0.5, 0.6) is 0 Å². The van der Waals surface area contributed by atoms with Crippen molar-refractivity contribution in [1.82, 2.24) is 14.8 Å². The molecule has 0 aliphatic heterocycles. The molecule has 1 amide bonds. The first-order chi connectivity index (χ1) is 9.67. The number of amides is 1. The first-order valence-electron chi connectivity index (χ1n) is 6.42. The summed E-state index contributed by atoms with van der Waals surface area (Å²) >= 11 is 0. The predicted octanol–water partition coefficient (Wildman–Crippen LogP) is 1.98. The molecule has 6 heteroatoms. The van der Waals surface area contributed by atoms with Crippen molar-refractivity contribution in [3.63, 3.8) is 0 Å². The molecule has 0 fully saturated rings. The largest absolute Gasteiger partial charge is 0.305 e. The number of carbonyl (C=O) groups excluding carboxylic acids is 1. The second kappa shape index (κ2) is 5.97. The van der Waals surface area contributed by atoms with Crippen molar-refractivity contribution in [3.05, 3.63) is 41.3 Å². The molecule has 102 valence electrons. The minimum Gasteiger partial charge on any atom is -0.305 e. The number of hydrogen-bond acceptors (Lipinski definition) is 4. The fourth-order valence-electron chi connectivity index (χ4n) is 1.78. The zero-order valence-electron chi connectivity index (χ0n) is 11.4. The fourth-order valence-corrected chi connectivity index (χ4v) is 1.78. The molecule has 0 spiro atoms. The van der Waals surface area contributed by atoms with Gasteiger partial charge >= 0.3 is 0 Å². The summed E-state index contributed by atoms with van der Waals surface area (Å²) in [5, 5.41) is 15.7. The maximum Gasteiger partial charge on any atom is 0.275 e. The van der Waals surface area contributed by atoms with Gasteiger partial charge in [-0.1, -0.05) is 6.92 Å². The highest BCUT2D eigenvalue weighted by molar-refractivity contribution is 6.02. The Balaban J connectivity index is 2.19. The Hall–Kier alpha value is -2.68. The van der Waals surface area contributed by atoms with Crippen LogP contribution in [0.15, 0.2) is 24.4 Å². The van der Waals surface area contributed by atoms with E-state index >= 15 is 0 Å². The van der Waals surface area contributed by atoms with Gasteiger partial charge in [-0.15, -0.1) is 0 Å². The highest BCUT2D eigenvalue weighted by Crippen LogP contribution is 2.10. The summed E-state index contributed by atoms with van der Waals surface area (Å²) in [6.45, 7) is 4.55. The number of hydrogen-bond donors (Lipinski definition) is 1. The molecule has 20 heavy (non-hydrogen) atoms. The molecule has 2 aromatic heterocycles. The van der Waals surface area contributed by atoms with E-state index in [4.69, 9.17) is 5.26 Å². The zero-order valence-corrected chi connectivity index (χ0v) is 11.4. The predicted molar refractivity (Wildman–Crippen MR) is 74.2 cm³/mol. The molecule has 2 rings (SSSR count). The molecule has 2 heterocycles. The summed E-state index contributed by atoms with van der Waals surface area (Å²) < 4.78 is 1.66. The van der Waals surface area contributed by atoms with E-state index in [-0.39, 0.29) is 5.91 Å². The van der Waals surface area contributed by atoms with Crippen LogP contribution in [-0.2, 0) is 13.0 Å². The molecule has 2 aromatic rings. The lowest BCUT2D eigenvalue weighted by Crippen LogP contribution is -2.17. The number of nitrogens with zero attached hydrogens (tertiary/aromatic N) is 4. The number of carbonyl (C=O) groups is 1. The minimum atomic E-state index is -0.253. The maximum absolute atomic E-state index is 12.2. The van der Waals surface area contributed by atoms with Crippen LogP contribution < -0.4 is 5.32 Å². The molecule has 1 N–H and O–H groups in total. The van der Waals surface area contributed by atoms with E-state index in [0.29, 0.717) is 23.6 Å².